The number of carbonyl (C=O) groups excluding carboxylic acids is 1. The Morgan fingerprint density at radius 2 is 1.89 bits per heavy atom. The molecular weight excluding hydrogens is 351 g/mol. The molecule has 2 aromatic rings. The largest absolute Gasteiger partial charge is 0.367 e. The van der Waals surface area contributed by atoms with Crippen LogP contribution >= 0.6 is 0 Å². The number of piperazine rings is 1. The number of hydrogen-bond donors (Lipinski definition) is 1. The number of para-hydroxylation sites is 1. The molecule has 1 saturated heterocycles. The lowest BCUT2D eigenvalue weighted by atomic mass is 10.2. The summed E-state index contributed by atoms with van der Waals surface area (Å²) in [5.74, 6) is -0.470. The van der Waals surface area contributed by atoms with E-state index >= 15 is 0 Å². The Hall–Kier alpha value is -3.00. The normalized spacial score (nSPS) is 14.8. The minimum Gasteiger partial charge on any atom is -0.367 e. The van der Waals surface area contributed by atoms with Gasteiger partial charge in [0.25, 0.3) is 5.69 Å². The molecule has 2 aromatic carbocycles. The Balaban J connectivity index is 1.55. The SMILES string of the molecule is Cc1ccc([N+](=O)[O-])cc1NC(=O)CN1CCN(c2ccccc2F)CC1. The van der Waals surface area contributed by atoms with Crippen molar-refractivity contribution in [3.8, 4) is 0 Å². The smallest absolute Gasteiger partial charge is 0.271 e. The van der Waals surface area contributed by atoms with Gasteiger partial charge in [-0.1, -0.05) is 18.2 Å². The molecule has 3 rings (SSSR count). The molecule has 1 amide bonds. The van der Waals surface area contributed by atoms with Gasteiger partial charge in [0.15, 0.2) is 0 Å². The van der Waals surface area contributed by atoms with Crippen molar-refractivity contribution in [3.05, 3.63) is 64.0 Å². The molecule has 8 heteroatoms. The maximum absolute atomic E-state index is 13.9. The first-order valence-corrected chi connectivity index (χ1v) is 8.71. The second-order valence-electron chi connectivity index (χ2n) is 6.52. The number of non-ortho nitro benzene ring substituents is 1. The maximum Gasteiger partial charge on any atom is 0.271 e. The van der Waals surface area contributed by atoms with Crippen molar-refractivity contribution >= 4 is 23.0 Å². The molecule has 1 aliphatic rings. The Kier molecular flexibility index (Phi) is 5.66. The van der Waals surface area contributed by atoms with Crippen LogP contribution in [0.5, 0.6) is 0 Å². The van der Waals surface area contributed by atoms with Crippen molar-refractivity contribution < 1.29 is 14.1 Å². The summed E-state index contributed by atoms with van der Waals surface area (Å²) in [5.41, 5.74) is 1.72. The molecule has 0 aromatic heterocycles. The maximum atomic E-state index is 13.9. The van der Waals surface area contributed by atoms with E-state index in [1.54, 1.807) is 31.2 Å². The van der Waals surface area contributed by atoms with Crippen LogP contribution in [-0.4, -0.2) is 48.5 Å². The fourth-order valence-electron chi connectivity index (χ4n) is 3.11. The summed E-state index contributed by atoms with van der Waals surface area (Å²) in [6.07, 6.45) is 0. The Morgan fingerprint density at radius 1 is 1.19 bits per heavy atom. The molecule has 0 aliphatic carbocycles. The van der Waals surface area contributed by atoms with Gasteiger partial charge in [-0.2, -0.15) is 0 Å². The van der Waals surface area contributed by atoms with Crippen LogP contribution in [0.4, 0.5) is 21.5 Å². The van der Waals surface area contributed by atoms with E-state index in [4.69, 9.17) is 0 Å². The van der Waals surface area contributed by atoms with Gasteiger partial charge in [-0.3, -0.25) is 19.8 Å². The van der Waals surface area contributed by atoms with E-state index in [-0.39, 0.29) is 24.0 Å². The van der Waals surface area contributed by atoms with E-state index in [1.165, 1.54) is 18.2 Å². The molecule has 1 heterocycles. The number of benzene rings is 2. The minimum absolute atomic E-state index is 0.0607. The van der Waals surface area contributed by atoms with E-state index < -0.39 is 4.92 Å². The third-order valence-corrected chi connectivity index (χ3v) is 4.64. The lowest BCUT2D eigenvalue weighted by Gasteiger charge is -2.35. The second kappa shape index (κ2) is 8.13. The van der Waals surface area contributed by atoms with Crippen LogP contribution in [0.3, 0.4) is 0 Å². The van der Waals surface area contributed by atoms with Crippen molar-refractivity contribution in [1.82, 2.24) is 4.90 Å². The van der Waals surface area contributed by atoms with Crippen molar-refractivity contribution in [1.29, 1.82) is 0 Å². The Labute approximate surface area is 156 Å². The molecule has 0 bridgehead atoms. The van der Waals surface area contributed by atoms with Crippen LogP contribution in [-0.2, 0) is 4.79 Å². The zero-order chi connectivity index (χ0) is 19.4. The molecule has 1 N–H and O–H groups in total. The van der Waals surface area contributed by atoms with Gasteiger partial charge in [0.1, 0.15) is 5.82 Å². The van der Waals surface area contributed by atoms with Crippen LogP contribution in [0.25, 0.3) is 0 Å². The molecule has 27 heavy (non-hydrogen) atoms. The Bertz CT molecular complexity index is 851. The predicted molar refractivity (Wildman–Crippen MR) is 102 cm³/mol. The van der Waals surface area contributed by atoms with Gasteiger partial charge < -0.3 is 10.2 Å². The summed E-state index contributed by atoms with van der Waals surface area (Å²) in [5, 5.41) is 13.6. The number of halogens is 1. The molecule has 0 saturated carbocycles. The first kappa shape index (κ1) is 18.8. The summed E-state index contributed by atoms with van der Waals surface area (Å²) in [4.78, 5) is 26.7. The van der Waals surface area contributed by atoms with Crippen molar-refractivity contribution in [3.63, 3.8) is 0 Å². The molecule has 142 valence electrons. The third-order valence-electron chi connectivity index (χ3n) is 4.64. The number of rotatable bonds is 5. The number of nitro benzene ring substituents is 1. The predicted octanol–water partition coefficient (Wildman–Crippen LogP) is 2.80. The van der Waals surface area contributed by atoms with E-state index in [0.717, 1.165) is 5.56 Å². The van der Waals surface area contributed by atoms with Gasteiger partial charge in [0.2, 0.25) is 5.91 Å². The number of hydrogen-bond acceptors (Lipinski definition) is 5. The van der Waals surface area contributed by atoms with Gasteiger partial charge in [0.05, 0.1) is 22.8 Å². The zero-order valence-electron chi connectivity index (χ0n) is 15.0. The van der Waals surface area contributed by atoms with Crippen LogP contribution < -0.4 is 10.2 Å². The molecular formula is C19H21FN4O3. The molecule has 1 fully saturated rings. The van der Waals surface area contributed by atoms with Crippen LogP contribution in [0.1, 0.15) is 5.56 Å². The lowest BCUT2D eigenvalue weighted by Crippen LogP contribution is -2.48. The fraction of sp³-hybridized carbons (Fsp3) is 0.316. The number of nitrogens with one attached hydrogen (secondary N) is 1. The van der Waals surface area contributed by atoms with Crippen LogP contribution in [0.15, 0.2) is 42.5 Å². The highest BCUT2D eigenvalue weighted by Gasteiger charge is 2.21. The van der Waals surface area contributed by atoms with Gasteiger partial charge in [0, 0.05) is 38.3 Å². The number of nitro groups is 1. The summed E-state index contributed by atoms with van der Waals surface area (Å²) < 4.78 is 13.9. The first-order chi connectivity index (χ1) is 12.9. The quantitative estimate of drug-likeness (QED) is 0.645. The number of carbonyl (C=O) groups is 1. The number of aryl methyl sites for hydroxylation is 1. The highest BCUT2D eigenvalue weighted by Crippen LogP contribution is 2.22. The van der Waals surface area contributed by atoms with E-state index in [2.05, 4.69) is 5.32 Å². The van der Waals surface area contributed by atoms with Crippen LogP contribution in [0.2, 0.25) is 0 Å². The topological polar surface area (TPSA) is 78.7 Å². The van der Waals surface area contributed by atoms with Crippen molar-refractivity contribution in [2.24, 2.45) is 0 Å². The second-order valence-corrected chi connectivity index (χ2v) is 6.52. The highest BCUT2D eigenvalue weighted by molar-refractivity contribution is 5.93. The van der Waals surface area contributed by atoms with Crippen molar-refractivity contribution in [2.45, 2.75) is 6.92 Å². The van der Waals surface area contributed by atoms with Gasteiger partial charge >= 0.3 is 0 Å². The minimum atomic E-state index is -0.489. The Morgan fingerprint density at radius 3 is 2.56 bits per heavy atom. The molecule has 7 nitrogen and oxygen atoms in total. The van der Waals surface area contributed by atoms with Gasteiger partial charge in [-0.05, 0) is 24.6 Å². The van der Waals surface area contributed by atoms with Crippen LogP contribution in [0, 0.1) is 22.9 Å². The first-order valence-electron chi connectivity index (χ1n) is 8.71. The number of nitrogens with zero attached hydrogens (tertiary/aromatic N) is 3. The summed E-state index contributed by atoms with van der Waals surface area (Å²) >= 11 is 0. The van der Waals surface area contributed by atoms with E-state index in [0.29, 0.717) is 37.6 Å². The molecule has 1 aliphatic heterocycles. The molecule has 0 atom stereocenters. The zero-order valence-corrected chi connectivity index (χ0v) is 15.0. The summed E-state index contributed by atoms with van der Waals surface area (Å²) in [6.45, 7) is 4.50. The standard InChI is InChI=1S/C19H21FN4O3/c1-14-6-7-15(24(26)27)12-17(14)21-19(25)13-22-8-10-23(11-9-22)18-5-3-2-4-16(18)20/h2-7,12H,8-11,13H2,1H3,(H,21,25). The van der Waals surface area contributed by atoms with Gasteiger partial charge in [-0.15, -0.1) is 0 Å². The summed E-state index contributed by atoms with van der Waals surface area (Å²) in [6, 6.07) is 11.0. The fourth-order valence-corrected chi connectivity index (χ4v) is 3.11. The molecule has 0 unspecified atom stereocenters. The average molecular weight is 372 g/mol. The number of amides is 1. The van der Waals surface area contributed by atoms with Crippen molar-refractivity contribution in [2.75, 3.05) is 42.9 Å². The summed E-state index contributed by atoms with van der Waals surface area (Å²) in [7, 11) is 0. The number of anilines is 2. The van der Waals surface area contributed by atoms with E-state index in [9.17, 15) is 19.3 Å². The van der Waals surface area contributed by atoms with Gasteiger partial charge in [-0.25, -0.2) is 4.39 Å². The molecule has 0 spiro atoms. The third kappa shape index (κ3) is 4.59. The molecule has 0 radical (unpaired) electrons. The average Bonchev–Trinajstić information content (AvgIpc) is 2.64. The monoisotopic (exact) mass is 372 g/mol. The van der Waals surface area contributed by atoms with E-state index in [1.807, 2.05) is 9.80 Å². The highest BCUT2D eigenvalue weighted by atomic mass is 19.1. The lowest BCUT2D eigenvalue weighted by molar-refractivity contribution is -0.384.